The van der Waals surface area contributed by atoms with Crippen LogP contribution in [-0.2, 0) is 82.2 Å². The maximum atomic E-state index is 13.0. The Bertz CT molecular complexity index is 2860. The second kappa shape index (κ2) is 25.5. The molecule has 1 aromatic rings. The number of fused-ring (bicyclic) bond motifs is 6. The van der Waals surface area contributed by atoms with E-state index in [1.807, 2.05) is 82.6 Å². The van der Waals surface area contributed by atoms with E-state index in [9.17, 15) is 67.1 Å². The number of aromatic nitrogens is 1. The molecule has 422 valence electrons. The minimum Gasteiger partial charge on any atom is -0.748 e. The molecule has 2 saturated heterocycles. The Morgan fingerprint density at radius 3 is 1.39 bits per heavy atom. The molecule has 8 fully saturated rings. The Hall–Kier alpha value is -3.51. The van der Waals surface area contributed by atoms with E-state index >= 15 is 0 Å². The molecule has 8 bridgehead atoms. The van der Waals surface area contributed by atoms with Crippen molar-refractivity contribution in [1.82, 2.24) is 0 Å². The number of allylic oxidation sites excluding steroid dienone is 4. The van der Waals surface area contributed by atoms with Crippen molar-refractivity contribution in [2.24, 2.45) is 81.0 Å². The number of carbonyl (C=O) groups excluding carboxylic acids is 3. The van der Waals surface area contributed by atoms with Crippen molar-refractivity contribution in [3.05, 3.63) is 54.9 Å². The number of aliphatic imine (C=N–C) groups is 2. The SMILES string of the molecule is CC(C)N=C=NC(C)C.O=C(O)C1C2C=CC(C2)C1C(=O)OC1C2CC3C1OS(=O)(=O)C3C2.O=C(OCCS(=O)(=O)[O-])C1C2C=CC(C2)C1C(=O)OC1C2CC3C1OS(=O)(=O)C3C2.O=S(=O)([O-])CCO.[Na+].c1cc[nH+]cc1. The predicted molar refractivity (Wildman–Crippen MR) is 261 cm³/mol. The Balaban J connectivity index is 0.000000180. The molecule has 3 N–H and O–H groups in total. The Morgan fingerprint density at radius 1 is 0.649 bits per heavy atom. The molecule has 8 aliphatic carbocycles. The number of carbonyl (C=O) groups is 4. The molecule has 6 saturated carbocycles. The molecular formula is C48H64N3NaO21S4. The van der Waals surface area contributed by atoms with Gasteiger partial charge in [-0.2, -0.15) is 16.8 Å². The van der Waals surface area contributed by atoms with Crippen LogP contribution in [0.2, 0.25) is 0 Å². The van der Waals surface area contributed by atoms with Crippen molar-refractivity contribution in [2.45, 2.75) is 113 Å². The van der Waals surface area contributed by atoms with Crippen LogP contribution in [0.1, 0.15) is 66.2 Å². The summed E-state index contributed by atoms with van der Waals surface area (Å²) in [4.78, 5) is 60.6. The van der Waals surface area contributed by atoms with Gasteiger partial charge in [0.2, 0.25) is 0 Å². The third-order valence-electron chi connectivity index (χ3n) is 15.5. The van der Waals surface area contributed by atoms with Crippen molar-refractivity contribution < 1.29 is 129 Å². The number of esters is 3. The van der Waals surface area contributed by atoms with E-state index in [2.05, 4.69) is 21.0 Å². The minimum atomic E-state index is -4.51. The minimum absolute atomic E-state index is 0. The normalized spacial score (nSPS) is 36.4. The average molecular weight is 1170 g/mol. The van der Waals surface area contributed by atoms with E-state index in [0.29, 0.717) is 50.6 Å². The monoisotopic (exact) mass is 1170 g/mol. The molecule has 0 aromatic carbocycles. The first-order valence-electron chi connectivity index (χ1n) is 25.2. The zero-order chi connectivity index (χ0) is 55.7. The molecule has 24 nitrogen and oxygen atoms in total. The fraction of sp³-hybridized carbons (Fsp3) is 0.708. The van der Waals surface area contributed by atoms with Crippen molar-refractivity contribution >= 4 is 70.4 Å². The van der Waals surface area contributed by atoms with Gasteiger partial charge in [-0.05, 0) is 89.9 Å². The summed E-state index contributed by atoms with van der Waals surface area (Å²) in [5, 5.41) is 16.3. The molecule has 0 amide bonds. The van der Waals surface area contributed by atoms with E-state index in [1.54, 1.807) is 0 Å². The number of ether oxygens (including phenoxy) is 3. The van der Waals surface area contributed by atoms with Crippen molar-refractivity contribution in [3.8, 4) is 0 Å². The first-order chi connectivity index (χ1) is 35.6. The van der Waals surface area contributed by atoms with Crippen molar-refractivity contribution in [1.29, 1.82) is 0 Å². The molecule has 11 rings (SSSR count). The van der Waals surface area contributed by atoms with Gasteiger partial charge in [0.05, 0.1) is 90.6 Å². The van der Waals surface area contributed by atoms with Gasteiger partial charge in [-0.15, -0.1) is 0 Å². The molecule has 77 heavy (non-hydrogen) atoms. The quantitative estimate of drug-likeness (QED) is 0.0415. The van der Waals surface area contributed by atoms with E-state index in [-0.39, 0.29) is 76.9 Å². The summed E-state index contributed by atoms with van der Waals surface area (Å²) < 4.78 is 136. The van der Waals surface area contributed by atoms with Gasteiger partial charge >= 0.3 is 53.4 Å². The molecule has 3 heterocycles. The number of aromatic amines is 1. The fourth-order valence-electron chi connectivity index (χ4n) is 12.5. The molecule has 29 heteroatoms. The van der Waals surface area contributed by atoms with Crippen LogP contribution in [0, 0.1) is 71.0 Å². The summed E-state index contributed by atoms with van der Waals surface area (Å²) >= 11 is 0. The van der Waals surface area contributed by atoms with Crippen LogP contribution in [0.25, 0.3) is 0 Å². The van der Waals surface area contributed by atoms with Gasteiger partial charge in [0.15, 0.2) is 12.4 Å². The maximum Gasteiger partial charge on any atom is 1.00 e. The number of aliphatic hydroxyl groups is 1. The number of carboxylic acid groups (broad SMARTS) is 1. The van der Waals surface area contributed by atoms with Gasteiger partial charge in [-0.25, -0.2) is 31.8 Å². The summed E-state index contributed by atoms with van der Waals surface area (Å²) in [5.41, 5.74) is 0. The number of aliphatic carboxylic acids is 1. The van der Waals surface area contributed by atoms with Crippen molar-refractivity contribution in [2.75, 3.05) is 24.7 Å². The van der Waals surface area contributed by atoms with Gasteiger partial charge < -0.3 is 33.5 Å². The zero-order valence-electron chi connectivity index (χ0n) is 43.0. The number of aliphatic hydroxyl groups excluding tert-OH is 1. The Kier molecular flexibility index (Phi) is 20.8. The van der Waals surface area contributed by atoms with Crippen LogP contribution in [0.15, 0.2) is 64.9 Å². The Morgan fingerprint density at radius 2 is 1.05 bits per heavy atom. The van der Waals surface area contributed by atoms with Gasteiger partial charge in [-0.3, -0.25) is 27.5 Å². The predicted octanol–water partition coefficient (Wildman–Crippen LogP) is -1.87. The molecule has 18 atom stereocenters. The van der Waals surface area contributed by atoms with Crippen molar-refractivity contribution in [3.63, 3.8) is 0 Å². The first-order valence-corrected chi connectivity index (χ1v) is 31.3. The molecule has 2 aliphatic heterocycles. The number of nitrogens with zero attached hydrogens (tertiary/aromatic N) is 2. The summed E-state index contributed by atoms with van der Waals surface area (Å²) in [6.45, 7) is 6.86. The third-order valence-corrected chi connectivity index (χ3v) is 20.4. The number of carboxylic acids is 1. The number of nitrogens with one attached hydrogen (secondary N) is 1. The molecule has 10 aliphatic rings. The maximum absolute atomic E-state index is 13.0. The van der Waals surface area contributed by atoms with Crippen LogP contribution in [0.5, 0.6) is 0 Å². The van der Waals surface area contributed by atoms with E-state index in [4.69, 9.17) is 27.7 Å². The van der Waals surface area contributed by atoms with E-state index in [1.165, 1.54) is 0 Å². The van der Waals surface area contributed by atoms with Crippen LogP contribution in [0.4, 0.5) is 0 Å². The molecular weight excluding hydrogens is 1110 g/mol. The number of hydrogen-bond acceptors (Lipinski definition) is 22. The first kappa shape index (κ1) is 62.7. The number of H-pyrrole nitrogens is 1. The number of pyridine rings is 1. The summed E-state index contributed by atoms with van der Waals surface area (Å²) in [7, 11) is -15.9. The van der Waals surface area contributed by atoms with E-state index in [0.717, 1.165) is 0 Å². The number of hydrogen-bond donors (Lipinski definition) is 2. The van der Waals surface area contributed by atoms with Crippen LogP contribution < -0.4 is 34.5 Å². The van der Waals surface area contributed by atoms with Crippen LogP contribution in [0.3, 0.4) is 0 Å². The zero-order valence-corrected chi connectivity index (χ0v) is 48.3. The number of rotatable bonds is 13. The van der Waals surface area contributed by atoms with Gasteiger partial charge in [0, 0.05) is 35.8 Å². The average Bonchev–Trinajstić information content (AvgIpc) is 4.20. The third kappa shape index (κ3) is 14.9. The molecule has 18 unspecified atom stereocenters. The summed E-state index contributed by atoms with van der Waals surface area (Å²) in [6, 6.07) is 9.12. The smallest absolute Gasteiger partial charge is 0.748 e. The summed E-state index contributed by atoms with van der Waals surface area (Å²) in [5.74, 6) is -8.31. The fourth-order valence-corrected chi connectivity index (χ4v) is 16.8. The molecule has 1 aromatic heterocycles. The van der Waals surface area contributed by atoms with Gasteiger partial charge in [-0.1, -0.05) is 30.4 Å². The second-order valence-corrected chi connectivity index (χ2v) is 27.8. The standard InChI is InChI=1S/C18H22O10S2.C16H18O7S.C7H14N2.C5H5N.C2H6O4S.Na/c19-17(26-3-4-29(21,22)23)13-8-1-2-9(5-8)14(13)18(20)27-15-10-6-11-12(7-10)30(24,25)28-16(11)15;17-15(18)11-6-1-2-7(3-6)12(11)16(19)22-13-8-4-9-10(5-8)24(20,21)23-14(9)13;1-6(2)8-5-9-7(3)4;1-2-4-6-5-3-1;3-1-2-7(4,5)6;/h1-2,8-16H,3-7H2,(H,21,22,23);1-2,6-14H,3-5H2,(H,17,18);6-7H,1-4H3;1-5H;3H,1-2H2,(H,4,5,6);/q;;;;;+1/p-1. The largest absolute Gasteiger partial charge is 1.00 e. The summed E-state index contributed by atoms with van der Waals surface area (Å²) in [6.07, 6.45) is 12.2. The Labute approximate surface area is 470 Å². The van der Waals surface area contributed by atoms with E-state index < -0.39 is 148 Å². The second-order valence-electron chi connectivity index (χ2n) is 21.2. The van der Waals surface area contributed by atoms with Crippen LogP contribution in [-0.4, -0.2) is 155 Å². The van der Waals surface area contributed by atoms with Gasteiger partial charge in [0.25, 0.3) is 20.2 Å². The van der Waals surface area contributed by atoms with Gasteiger partial charge in [0.1, 0.15) is 31.0 Å². The molecule has 0 spiro atoms. The topological polar surface area (TPSA) is 376 Å². The van der Waals surface area contributed by atoms with Crippen LogP contribution >= 0.6 is 0 Å². The molecule has 0 radical (unpaired) electrons.